The molecule has 0 fully saturated rings. The number of nitrogens with zero attached hydrogens (tertiary/aromatic N) is 2. The van der Waals surface area contributed by atoms with Gasteiger partial charge in [0.05, 0.1) is 27.2 Å². The fourth-order valence-electron chi connectivity index (χ4n) is 2.62. The molecule has 3 aromatic rings. The van der Waals surface area contributed by atoms with E-state index >= 15 is 0 Å². The van der Waals surface area contributed by atoms with Gasteiger partial charge in [0.2, 0.25) is 5.91 Å². The van der Waals surface area contributed by atoms with Crippen molar-refractivity contribution in [2.24, 2.45) is 5.10 Å². The molecule has 1 amide bonds. The fourth-order valence-corrected chi connectivity index (χ4v) is 5.48. The molecule has 5 nitrogen and oxygen atoms in total. The number of hydrogen-bond donors (Lipinski definition) is 1. The largest absolute Gasteiger partial charge is 0.487 e. The molecular weight excluding hydrogens is 672 g/mol. The zero-order valence-corrected chi connectivity index (χ0v) is 22.4. The van der Waals surface area contributed by atoms with Crippen LogP contribution in [0.5, 0.6) is 5.75 Å². The first-order chi connectivity index (χ1) is 15.5. The second kappa shape index (κ2) is 12.4. The van der Waals surface area contributed by atoms with Crippen LogP contribution in [0.2, 0.25) is 5.02 Å². The van der Waals surface area contributed by atoms with E-state index < -0.39 is 0 Å². The average molecular weight is 688 g/mol. The van der Waals surface area contributed by atoms with Crippen molar-refractivity contribution in [1.82, 2.24) is 5.43 Å². The van der Waals surface area contributed by atoms with Crippen LogP contribution < -0.4 is 10.2 Å². The summed E-state index contributed by atoms with van der Waals surface area (Å²) in [4.78, 5) is 13.1. The third-order valence-electron chi connectivity index (χ3n) is 4.12. The molecule has 0 spiro atoms. The summed E-state index contributed by atoms with van der Waals surface area (Å²) in [5.74, 6) is 0.663. The van der Waals surface area contributed by atoms with Crippen molar-refractivity contribution in [3.8, 4) is 11.8 Å². The van der Waals surface area contributed by atoms with Gasteiger partial charge < -0.3 is 4.74 Å². The maximum atomic E-state index is 12.1. The number of ether oxygens (including phenoxy) is 1. The van der Waals surface area contributed by atoms with Crippen LogP contribution in [0.1, 0.15) is 16.7 Å². The van der Waals surface area contributed by atoms with Crippen LogP contribution in [0.15, 0.2) is 70.7 Å². The molecular formula is C23H16ClI2N3O2S. The third kappa shape index (κ3) is 7.37. The summed E-state index contributed by atoms with van der Waals surface area (Å²) in [6, 6.07) is 20.7. The van der Waals surface area contributed by atoms with Gasteiger partial charge in [-0.3, -0.25) is 4.79 Å². The van der Waals surface area contributed by atoms with Crippen LogP contribution in [0.3, 0.4) is 0 Å². The molecule has 0 radical (unpaired) electrons. The molecule has 0 heterocycles. The Hall–Kier alpha value is -1.81. The molecule has 0 aliphatic rings. The highest BCUT2D eigenvalue weighted by Crippen LogP contribution is 2.28. The normalized spacial score (nSPS) is 10.7. The van der Waals surface area contributed by atoms with E-state index in [1.54, 1.807) is 24.4 Å². The topological polar surface area (TPSA) is 74.5 Å². The SMILES string of the molecule is N#Cc1ccccc1COc1c(I)cc(I)cc1/C=N\NC(=O)CSc1ccc(Cl)cc1. The summed E-state index contributed by atoms with van der Waals surface area (Å²) in [6.07, 6.45) is 1.57. The predicted octanol–water partition coefficient (Wildman–Crippen LogP) is 6.24. The minimum atomic E-state index is -0.216. The van der Waals surface area contributed by atoms with Gasteiger partial charge in [0.25, 0.3) is 0 Å². The van der Waals surface area contributed by atoms with Crippen LogP contribution >= 0.6 is 68.5 Å². The van der Waals surface area contributed by atoms with Crippen molar-refractivity contribution in [3.05, 3.63) is 89.5 Å². The van der Waals surface area contributed by atoms with Crippen molar-refractivity contribution in [3.63, 3.8) is 0 Å². The van der Waals surface area contributed by atoms with Crippen molar-refractivity contribution in [2.75, 3.05) is 5.75 Å². The number of carbonyl (C=O) groups excluding carboxylic acids is 1. The maximum Gasteiger partial charge on any atom is 0.250 e. The minimum Gasteiger partial charge on any atom is -0.487 e. The molecule has 0 saturated heterocycles. The molecule has 0 aliphatic heterocycles. The third-order valence-corrected chi connectivity index (χ3v) is 6.81. The monoisotopic (exact) mass is 687 g/mol. The zero-order chi connectivity index (χ0) is 22.9. The predicted molar refractivity (Wildman–Crippen MR) is 145 cm³/mol. The highest BCUT2D eigenvalue weighted by Gasteiger charge is 2.11. The van der Waals surface area contributed by atoms with Crippen molar-refractivity contribution in [2.45, 2.75) is 11.5 Å². The number of benzene rings is 3. The van der Waals surface area contributed by atoms with E-state index in [0.717, 1.165) is 23.2 Å². The summed E-state index contributed by atoms with van der Waals surface area (Å²) in [7, 11) is 0. The van der Waals surface area contributed by atoms with E-state index in [4.69, 9.17) is 16.3 Å². The lowest BCUT2D eigenvalue weighted by Crippen LogP contribution is -2.19. The maximum absolute atomic E-state index is 12.1. The zero-order valence-electron chi connectivity index (χ0n) is 16.5. The number of halogens is 3. The molecule has 0 unspecified atom stereocenters. The first-order valence-corrected chi connectivity index (χ1v) is 12.8. The van der Waals surface area contributed by atoms with E-state index in [-0.39, 0.29) is 18.3 Å². The Balaban J connectivity index is 1.65. The lowest BCUT2D eigenvalue weighted by Gasteiger charge is -2.13. The number of hydrogen-bond acceptors (Lipinski definition) is 5. The molecule has 162 valence electrons. The standard InChI is InChI=1S/C23H16ClI2N3O2S/c24-18-5-7-20(8-6-18)32-14-22(30)29-28-12-17-9-19(25)10-21(26)23(17)31-13-16-4-2-1-3-15(16)11-27/h1-10,12H,13-14H2,(H,29,30)/b28-12-. The molecule has 9 heteroatoms. The minimum absolute atomic E-state index is 0.216. The molecule has 3 aromatic carbocycles. The van der Waals surface area contributed by atoms with Gasteiger partial charge in [0, 0.05) is 24.6 Å². The molecule has 0 aliphatic carbocycles. The van der Waals surface area contributed by atoms with Gasteiger partial charge in [-0.2, -0.15) is 10.4 Å². The highest BCUT2D eigenvalue weighted by atomic mass is 127. The van der Waals surface area contributed by atoms with Gasteiger partial charge in [-0.1, -0.05) is 29.8 Å². The lowest BCUT2D eigenvalue weighted by molar-refractivity contribution is -0.118. The highest BCUT2D eigenvalue weighted by molar-refractivity contribution is 14.1. The number of nitrogens with one attached hydrogen (secondary N) is 1. The van der Waals surface area contributed by atoms with Gasteiger partial charge in [0.1, 0.15) is 12.4 Å². The number of amides is 1. The average Bonchev–Trinajstić information content (AvgIpc) is 2.78. The van der Waals surface area contributed by atoms with Crippen LogP contribution in [0.4, 0.5) is 0 Å². The Bertz CT molecular complexity index is 1180. The Morgan fingerprint density at radius 1 is 1.19 bits per heavy atom. The van der Waals surface area contributed by atoms with Gasteiger partial charge in [-0.15, -0.1) is 11.8 Å². The Kier molecular flexibility index (Phi) is 9.65. The molecule has 0 aromatic heterocycles. The first kappa shape index (κ1) is 24.8. The number of hydrazone groups is 1. The van der Waals surface area contributed by atoms with Gasteiger partial charge >= 0.3 is 0 Å². The van der Waals surface area contributed by atoms with Gasteiger partial charge in [-0.25, -0.2) is 5.43 Å². The Morgan fingerprint density at radius 2 is 1.94 bits per heavy atom. The number of nitriles is 1. The summed E-state index contributed by atoms with van der Waals surface area (Å²) in [6.45, 7) is 0.255. The molecule has 3 rings (SSSR count). The second-order valence-corrected chi connectivity index (χ2v) is 10.3. The quantitative estimate of drug-likeness (QED) is 0.132. The van der Waals surface area contributed by atoms with E-state index in [0.29, 0.717) is 16.3 Å². The van der Waals surface area contributed by atoms with Crippen LogP contribution in [0, 0.1) is 18.5 Å². The van der Waals surface area contributed by atoms with Gasteiger partial charge in [0.15, 0.2) is 0 Å². The van der Waals surface area contributed by atoms with Crippen LogP contribution in [-0.2, 0) is 11.4 Å². The molecule has 0 atom stereocenters. The number of rotatable bonds is 8. The Morgan fingerprint density at radius 3 is 2.69 bits per heavy atom. The summed E-state index contributed by atoms with van der Waals surface area (Å²) >= 11 is 11.7. The first-order valence-electron chi connectivity index (χ1n) is 9.26. The van der Waals surface area contributed by atoms with E-state index in [2.05, 4.69) is 61.8 Å². The van der Waals surface area contributed by atoms with Gasteiger partial charge in [-0.05, 0) is 87.6 Å². The summed E-state index contributed by atoms with van der Waals surface area (Å²) < 4.78 is 7.97. The van der Waals surface area contributed by atoms with Crippen LogP contribution in [-0.4, -0.2) is 17.9 Å². The summed E-state index contributed by atoms with van der Waals surface area (Å²) in [5, 5.41) is 14.0. The second-order valence-electron chi connectivity index (χ2n) is 6.40. The van der Waals surface area contributed by atoms with Crippen molar-refractivity contribution < 1.29 is 9.53 Å². The fraction of sp³-hybridized carbons (Fsp3) is 0.0870. The van der Waals surface area contributed by atoms with E-state index in [1.165, 1.54) is 11.8 Å². The smallest absolute Gasteiger partial charge is 0.250 e. The Labute approximate surface area is 222 Å². The molecule has 0 bridgehead atoms. The number of thioether (sulfide) groups is 1. The summed E-state index contributed by atoms with van der Waals surface area (Å²) in [5.41, 5.74) is 4.67. The molecule has 32 heavy (non-hydrogen) atoms. The molecule has 0 saturated carbocycles. The lowest BCUT2D eigenvalue weighted by atomic mass is 10.1. The van der Waals surface area contributed by atoms with Crippen molar-refractivity contribution in [1.29, 1.82) is 5.26 Å². The number of carbonyl (C=O) groups is 1. The van der Waals surface area contributed by atoms with E-state index in [9.17, 15) is 10.1 Å². The van der Waals surface area contributed by atoms with Crippen LogP contribution in [0.25, 0.3) is 0 Å². The van der Waals surface area contributed by atoms with Crippen molar-refractivity contribution >= 4 is 80.7 Å². The molecule has 1 N–H and O–H groups in total. The van der Waals surface area contributed by atoms with E-state index in [1.807, 2.05) is 42.5 Å².